The maximum absolute atomic E-state index is 13.3. The van der Waals surface area contributed by atoms with Crippen molar-refractivity contribution in [2.45, 2.75) is 58.6 Å². The molecule has 0 saturated carbocycles. The minimum atomic E-state index is -1.06. The minimum Gasteiger partial charge on any atom is -0.487 e. The average Bonchev–Trinajstić information content (AvgIpc) is 2.85. The Morgan fingerprint density at radius 3 is 2.30 bits per heavy atom. The molecular weight excluding hydrogens is 486 g/mol. The Balaban J connectivity index is 1.46. The monoisotopic (exact) mass is 519 g/mol. The summed E-state index contributed by atoms with van der Waals surface area (Å²) in [5.41, 5.74) is 4.51. The van der Waals surface area contributed by atoms with Crippen molar-refractivity contribution >= 4 is 23.5 Å². The van der Waals surface area contributed by atoms with Gasteiger partial charge in [-0.05, 0) is 84.7 Å². The highest BCUT2D eigenvalue weighted by Crippen LogP contribution is 2.36. The molecule has 3 aromatic rings. The lowest BCUT2D eigenvalue weighted by Crippen LogP contribution is -2.39. The molecule has 37 heavy (non-hydrogen) atoms. The quantitative estimate of drug-likeness (QED) is 0.346. The van der Waals surface area contributed by atoms with Gasteiger partial charge in [0.05, 0.1) is 0 Å². The first-order chi connectivity index (χ1) is 17.6. The third kappa shape index (κ3) is 7.14. The van der Waals surface area contributed by atoms with E-state index in [1.54, 1.807) is 30.3 Å². The highest BCUT2D eigenvalue weighted by molar-refractivity contribution is 6.30. The van der Waals surface area contributed by atoms with Crippen molar-refractivity contribution in [3.63, 3.8) is 0 Å². The van der Waals surface area contributed by atoms with E-state index in [9.17, 15) is 14.7 Å². The molecule has 0 aromatic heterocycles. The van der Waals surface area contributed by atoms with E-state index in [1.807, 2.05) is 12.1 Å². The molecule has 194 valence electrons. The summed E-state index contributed by atoms with van der Waals surface area (Å²) in [6.45, 7) is 6.39. The minimum absolute atomic E-state index is 0.184. The molecule has 3 aromatic carbocycles. The number of hydrogen-bond donors (Lipinski definition) is 1. The first kappa shape index (κ1) is 26.7. The molecule has 0 fully saturated rings. The van der Waals surface area contributed by atoms with Crippen molar-refractivity contribution in [2.75, 3.05) is 6.54 Å². The van der Waals surface area contributed by atoms with E-state index in [0.29, 0.717) is 16.5 Å². The summed E-state index contributed by atoms with van der Waals surface area (Å²) in [5, 5.41) is 9.98. The van der Waals surface area contributed by atoms with Gasteiger partial charge in [-0.15, -0.1) is 0 Å². The summed E-state index contributed by atoms with van der Waals surface area (Å²) in [4.78, 5) is 26.1. The van der Waals surface area contributed by atoms with Crippen LogP contribution in [0.25, 0.3) is 0 Å². The Bertz CT molecular complexity index is 1250. The smallest absolute Gasteiger partial charge is 0.323 e. The number of fused-ring (bicyclic) bond motifs is 1. The molecule has 0 saturated heterocycles. The SMILES string of the molecule is CC(C)Cc1ccc(CC2(C)CCc3cc(C(=O)N(CC(=O)O)Cc4ccc(Cl)cc4)ccc3O2)cc1. The molecule has 6 heteroatoms. The second-order valence-corrected chi connectivity index (χ2v) is 11.1. The molecule has 1 atom stereocenters. The van der Waals surface area contributed by atoms with Gasteiger partial charge in [0.2, 0.25) is 0 Å². The Morgan fingerprint density at radius 1 is 1.00 bits per heavy atom. The summed E-state index contributed by atoms with van der Waals surface area (Å²) in [6, 6.07) is 21.3. The molecule has 1 aliphatic rings. The standard InChI is InChI=1S/C31H34ClNO4/c1-21(2)16-22-4-6-23(7-5-22)18-31(3)15-14-25-17-26(10-13-28(25)37-31)30(36)33(20-29(34)35)19-24-8-11-27(32)12-9-24/h4-13,17,21H,14-16,18-20H2,1-3H3,(H,34,35). The van der Waals surface area contributed by atoms with Crippen LogP contribution in [-0.4, -0.2) is 34.0 Å². The number of carbonyl (C=O) groups excluding carboxylic acids is 1. The first-order valence-electron chi connectivity index (χ1n) is 12.8. The Hall–Kier alpha value is -3.31. The average molecular weight is 520 g/mol. The van der Waals surface area contributed by atoms with Gasteiger partial charge in [-0.2, -0.15) is 0 Å². The summed E-state index contributed by atoms with van der Waals surface area (Å²) >= 11 is 5.96. The van der Waals surface area contributed by atoms with E-state index < -0.39 is 5.97 Å². The van der Waals surface area contributed by atoms with E-state index >= 15 is 0 Å². The van der Waals surface area contributed by atoms with Crippen molar-refractivity contribution in [3.05, 3.63) is 99.6 Å². The number of benzene rings is 3. The largest absolute Gasteiger partial charge is 0.487 e. The van der Waals surface area contributed by atoms with Crippen molar-refractivity contribution in [1.29, 1.82) is 0 Å². The van der Waals surface area contributed by atoms with Crippen LogP contribution in [0.4, 0.5) is 0 Å². The van der Waals surface area contributed by atoms with Crippen LogP contribution in [0.3, 0.4) is 0 Å². The number of hydrogen-bond acceptors (Lipinski definition) is 3. The van der Waals surface area contributed by atoms with Gasteiger partial charge in [0.1, 0.15) is 17.9 Å². The zero-order valence-electron chi connectivity index (χ0n) is 21.7. The number of aryl methyl sites for hydroxylation is 1. The molecule has 5 nitrogen and oxygen atoms in total. The zero-order chi connectivity index (χ0) is 26.6. The van der Waals surface area contributed by atoms with Gasteiger partial charge in [-0.3, -0.25) is 9.59 Å². The molecule has 4 rings (SSSR count). The fraction of sp³-hybridized carbons (Fsp3) is 0.355. The lowest BCUT2D eigenvalue weighted by Gasteiger charge is -2.36. The summed E-state index contributed by atoms with van der Waals surface area (Å²) < 4.78 is 6.45. The van der Waals surface area contributed by atoms with Crippen molar-refractivity contribution in [1.82, 2.24) is 4.90 Å². The molecule has 0 aliphatic carbocycles. The van der Waals surface area contributed by atoms with Gasteiger partial charge in [0.15, 0.2) is 0 Å². The van der Waals surface area contributed by atoms with E-state index in [0.717, 1.165) is 42.6 Å². The molecule has 0 bridgehead atoms. The number of halogens is 1. The number of ether oxygens (including phenoxy) is 1. The summed E-state index contributed by atoms with van der Waals surface area (Å²) in [6.07, 6.45) is 3.50. The number of nitrogens with zero attached hydrogens (tertiary/aromatic N) is 1. The molecule has 1 heterocycles. The maximum atomic E-state index is 13.3. The molecule has 1 unspecified atom stereocenters. The number of carboxylic acids is 1. The van der Waals surface area contributed by atoms with Gasteiger partial charge in [0, 0.05) is 23.6 Å². The highest BCUT2D eigenvalue weighted by Gasteiger charge is 2.32. The van der Waals surface area contributed by atoms with E-state index in [2.05, 4.69) is 45.0 Å². The normalized spacial score (nSPS) is 16.7. The molecule has 0 spiro atoms. The predicted molar refractivity (Wildman–Crippen MR) is 146 cm³/mol. The number of amides is 1. The topological polar surface area (TPSA) is 66.8 Å². The number of rotatable bonds is 9. The van der Waals surface area contributed by atoms with Gasteiger partial charge in [0.25, 0.3) is 5.91 Å². The van der Waals surface area contributed by atoms with Crippen LogP contribution in [0.2, 0.25) is 5.02 Å². The van der Waals surface area contributed by atoms with Crippen LogP contribution < -0.4 is 4.74 Å². The van der Waals surface area contributed by atoms with Crippen LogP contribution in [-0.2, 0) is 30.6 Å². The maximum Gasteiger partial charge on any atom is 0.323 e. The third-order valence-electron chi connectivity index (χ3n) is 6.73. The first-order valence-corrected chi connectivity index (χ1v) is 13.1. The Kier molecular flexibility index (Phi) is 8.23. The van der Waals surface area contributed by atoms with Crippen LogP contribution in [0.5, 0.6) is 5.75 Å². The zero-order valence-corrected chi connectivity index (χ0v) is 22.4. The third-order valence-corrected chi connectivity index (χ3v) is 6.98. The van der Waals surface area contributed by atoms with Gasteiger partial charge >= 0.3 is 5.97 Å². The Labute approximate surface area is 224 Å². The van der Waals surface area contributed by atoms with Crippen LogP contribution >= 0.6 is 11.6 Å². The van der Waals surface area contributed by atoms with Crippen molar-refractivity contribution in [2.24, 2.45) is 5.92 Å². The van der Waals surface area contributed by atoms with Gasteiger partial charge < -0.3 is 14.7 Å². The van der Waals surface area contributed by atoms with Crippen molar-refractivity contribution < 1.29 is 19.4 Å². The van der Waals surface area contributed by atoms with Gasteiger partial charge in [-0.1, -0.05) is 61.8 Å². The van der Waals surface area contributed by atoms with Crippen LogP contribution in [0, 0.1) is 5.92 Å². The van der Waals surface area contributed by atoms with Crippen LogP contribution in [0.15, 0.2) is 66.7 Å². The molecule has 1 N–H and O–H groups in total. The second-order valence-electron chi connectivity index (χ2n) is 10.6. The fourth-order valence-corrected chi connectivity index (χ4v) is 5.03. The molecule has 1 amide bonds. The molecular formula is C31H34ClNO4. The molecule has 1 aliphatic heterocycles. The second kappa shape index (κ2) is 11.4. The van der Waals surface area contributed by atoms with Crippen molar-refractivity contribution in [3.8, 4) is 5.75 Å². The number of carbonyl (C=O) groups is 2. The fourth-order valence-electron chi connectivity index (χ4n) is 4.90. The van der Waals surface area contributed by atoms with E-state index in [-0.39, 0.29) is 24.6 Å². The lowest BCUT2D eigenvalue weighted by atomic mass is 9.86. The lowest BCUT2D eigenvalue weighted by molar-refractivity contribution is -0.137. The molecule has 0 radical (unpaired) electrons. The summed E-state index contributed by atoms with van der Waals surface area (Å²) in [7, 11) is 0. The van der Waals surface area contributed by atoms with E-state index in [4.69, 9.17) is 16.3 Å². The van der Waals surface area contributed by atoms with Gasteiger partial charge in [-0.25, -0.2) is 0 Å². The summed E-state index contributed by atoms with van der Waals surface area (Å²) in [5.74, 6) is 0.0303. The Morgan fingerprint density at radius 2 is 1.65 bits per heavy atom. The number of aliphatic carboxylic acids is 1. The van der Waals surface area contributed by atoms with Crippen LogP contribution in [0.1, 0.15) is 59.8 Å². The van der Waals surface area contributed by atoms with E-state index in [1.165, 1.54) is 16.0 Å². The number of carboxylic acid groups (broad SMARTS) is 1. The highest BCUT2D eigenvalue weighted by atomic mass is 35.5. The predicted octanol–water partition coefficient (Wildman–Crippen LogP) is 6.59.